The molecule has 1 aromatic rings. The van der Waals surface area contributed by atoms with Crippen LogP contribution in [-0.2, 0) is 0 Å². The van der Waals surface area contributed by atoms with E-state index in [1.165, 1.54) is 18.2 Å². The van der Waals surface area contributed by atoms with Crippen LogP contribution in [0.5, 0.6) is 0 Å². The fraction of sp³-hybridized carbons (Fsp3) is 0.529. The van der Waals surface area contributed by atoms with Gasteiger partial charge in [0.15, 0.2) is 0 Å². The van der Waals surface area contributed by atoms with E-state index in [9.17, 15) is 19.8 Å². The van der Waals surface area contributed by atoms with Crippen molar-refractivity contribution in [3.05, 3.63) is 34.9 Å². The van der Waals surface area contributed by atoms with Crippen LogP contribution in [0, 0.1) is 5.92 Å². The number of rotatable bonds is 9. The molecule has 0 amide bonds. The van der Waals surface area contributed by atoms with Gasteiger partial charge in [-0.05, 0) is 24.0 Å². The highest BCUT2D eigenvalue weighted by Crippen LogP contribution is 2.26. The largest absolute Gasteiger partial charge is 0.478 e. The molecule has 1 rings (SSSR count). The number of unbranched alkanes of at least 4 members (excludes halogenated alkanes) is 2. The second-order valence-electron chi connectivity index (χ2n) is 5.93. The third-order valence-corrected chi connectivity index (χ3v) is 3.66. The van der Waals surface area contributed by atoms with Crippen LogP contribution in [0.3, 0.4) is 0 Å². The summed E-state index contributed by atoms with van der Waals surface area (Å²) in [6.45, 7) is 4.32. The first-order chi connectivity index (χ1) is 10.3. The van der Waals surface area contributed by atoms with Crippen LogP contribution in [-0.4, -0.2) is 27.3 Å². The molecular weight excluding hydrogens is 284 g/mol. The van der Waals surface area contributed by atoms with Crippen LogP contribution < -0.4 is 0 Å². The second kappa shape index (κ2) is 8.54. The molecule has 0 fully saturated rings. The van der Waals surface area contributed by atoms with Crippen LogP contribution in [0.25, 0.3) is 0 Å². The Morgan fingerprint density at radius 3 is 2.18 bits per heavy atom. The second-order valence-corrected chi connectivity index (χ2v) is 5.93. The third kappa shape index (κ3) is 5.15. The lowest BCUT2D eigenvalue weighted by Gasteiger charge is -2.15. The van der Waals surface area contributed by atoms with Gasteiger partial charge in [0.05, 0.1) is 17.2 Å². The number of carboxylic acids is 2. The minimum absolute atomic E-state index is 0.177. The van der Waals surface area contributed by atoms with Crippen LogP contribution in [0.2, 0.25) is 0 Å². The van der Waals surface area contributed by atoms with Gasteiger partial charge in [-0.2, -0.15) is 0 Å². The molecule has 1 unspecified atom stereocenters. The van der Waals surface area contributed by atoms with Crippen LogP contribution in [0.15, 0.2) is 18.2 Å². The lowest BCUT2D eigenvalue weighted by Crippen LogP contribution is -2.14. The minimum atomic E-state index is -1.33. The lowest BCUT2D eigenvalue weighted by molar-refractivity contribution is 0.0645. The molecule has 3 N–H and O–H groups in total. The fourth-order valence-corrected chi connectivity index (χ4v) is 2.49. The molecule has 0 aromatic heterocycles. The molecule has 0 heterocycles. The van der Waals surface area contributed by atoms with Crippen molar-refractivity contribution in [1.82, 2.24) is 0 Å². The standard InChI is InChI=1S/C17H24O5/c1-11(2)7-4-3-5-10-14(18)12-8-6-9-13(16(19)20)15(12)17(21)22/h6,8-9,11,14,18H,3-5,7,10H2,1-2H3,(H,19,20)(H,21,22). The Hall–Kier alpha value is -1.88. The highest BCUT2D eigenvalue weighted by molar-refractivity contribution is 6.02. The normalized spacial score (nSPS) is 12.4. The Balaban J connectivity index is 2.76. The zero-order valence-electron chi connectivity index (χ0n) is 13.1. The van der Waals surface area contributed by atoms with Gasteiger partial charge >= 0.3 is 11.9 Å². The summed E-state index contributed by atoms with van der Waals surface area (Å²) in [5.41, 5.74) is -0.426. The summed E-state index contributed by atoms with van der Waals surface area (Å²) in [4.78, 5) is 22.4. The van der Waals surface area contributed by atoms with E-state index < -0.39 is 18.0 Å². The average Bonchev–Trinajstić information content (AvgIpc) is 2.45. The predicted molar refractivity (Wildman–Crippen MR) is 83.2 cm³/mol. The number of benzene rings is 1. The van der Waals surface area contributed by atoms with Crippen LogP contribution in [0.4, 0.5) is 0 Å². The summed E-state index contributed by atoms with van der Waals surface area (Å²) < 4.78 is 0. The van der Waals surface area contributed by atoms with Gasteiger partial charge in [0.2, 0.25) is 0 Å². The van der Waals surface area contributed by atoms with E-state index in [0.29, 0.717) is 12.3 Å². The van der Waals surface area contributed by atoms with Gasteiger partial charge in [-0.25, -0.2) is 9.59 Å². The molecule has 5 heteroatoms. The number of aliphatic hydroxyl groups excluding tert-OH is 1. The first kappa shape index (κ1) is 18.2. The number of carboxylic acid groups (broad SMARTS) is 2. The lowest BCUT2D eigenvalue weighted by atomic mass is 9.94. The van der Waals surface area contributed by atoms with Gasteiger partial charge in [0, 0.05) is 0 Å². The molecule has 0 aliphatic heterocycles. The maximum atomic E-state index is 11.3. The average molecular weight is 308 g/mol. The summed E-state index contributed by atoms with van der Waals surface area (Å²) in [6.07, 6.45) is 3.43. The minimum Gasteiger partial charge on any atom is -0.478 e. The molecule has 0 saturated carbocycles. The Bertz CT molecular complexity index is 522. The van der Waals surface area contributed by atoms with Crippen molar-refractivity contribution in [2.75, 3.05) is 0 Å². The van der Waals surface area contributed by atoms with Crippen LogP contribution in [0.1, 0.15) is 78.3 Å². The summed E-state index contributed by atoms with van der Waals surface area (Å²) in [5.74, 6) is -1.98. The molecule has 1 atom stereocenters. The van der Waals surface area contributed by atoms with Crippen molar-refractivity contribution in [2.45, 2.75) is 52.1 Å². The summed E-state index contributed by atoms with van der Waals surface area (Å²) >= 11 is 0. The quantitative estimate of drug-likeness (QED) is 0.604. The predicted octanol–water partition coefficient (Wildman–Crippen LogP) is 3.72. The van der Waals surface area contributed by atoms with Gasteiger partial charge in [-0.3, -0.25) is 0 Å². The van der Waals surface area contributed by atoms with Crippen molar-refractivity contribution in [1.29, 1.82) is 0 Å². The maximum Gasteiger partial charge on any atom is 0.336 e. The van der Waals surface area contributed by atoms with Crippen LogP contribution >= 0.6 is 0 Å². The van der Waals surface area contributed by atoms with Crippen molar-refractivity contribution in [3.63, 3.8) is 0 Å². The maximum absolute atomic E-state index is 11.3. The van der Waals surface area contributed by atoms with Gasteiger partial charge in [0.1, 0.15) is 0 Å². The van der Waals surface area contributed by atoms with Crippen molar-refractivity contribution in [3.8, 4) is 0 Å². The number of aromatic carboxylic acids is 2. The first-order valence-corrected chi connectivity index (χ1v) is 7.62. The number of hydrogen-bond acceptors (Lipinski definition) is 3. The molecule has 5 nitrogen and oxygen atoms in total. The molecule has 122 valence electrons. The molecule has 0 bridgehead atoms. The van der Waals surface area contributed by atoms with E-state index in [0.717, 1.165) is 25.7 Å². The van der Waals surface area contributed by atoms with Gasteiger partial charge in [0.25, 0.3) is 0 Å². The summed E-state index contributed by atoms with van der Waals surface area (Å²) in [6, 6.07) is 4.19. The van der Waals surface area contributed by atoms with Gasteiger partial charge < -0.3 is 15.3 Å². The molecule has 0 radical (unpaired) electrons. The van der Waals surface area contributed by atoms with Gasteiger partial charge in [-0.1, -0.05) is 51.7 Å². The Labute approximate surface area is 130 Å². The fourth-order valence-electron chi connectivity index (χ4n) is 2.49. The van der Waals surface area contributed by atoms with Crippen molar-refractivity contribution in [2.24, 2.45) is 5.92 Å². The van der Waals surface area contributed by atoms with Crippen molar-refractivity contribution < 1.29 is 24.9 Å². The molecular formula is C17H24O5. The van der Waals surface area contributed by atoms with E-state index in [4.69, 9.17) is 5.11 Å². The topological polar surface area (TPSA) is 94.8 Å². The summed E-state index contributed by atoms with van der Waals surface area (Å²) in [5, 5.41) is 28.5. The zero-order chi connectivity index (χ0) is 16.7. The monoisotopic (exact) mass is 308 g/mol. The Morgan fingerprint density at radius 1 is 1.00 bits per heavy atom. The molecule has 0 aliphatic rings. The molecule has 0 spiro atoms. The molecule has 1 aromatic carbocycles. The smallest absolute Gasteiger partial charge is 0.336 e. The van der Waals surface area contributed by atoms with E-state index in [1.807, 2.05) is 0 Å². The highest BCUT2D eigenvalue weighted by Gasteiger charge is 2.23. The Morgan fingerprint density at radius 2 is 1.64 bits per heavy atom. The van der Waals surface area contributed by atoms with E-state index >= 15 is 0 Å². The molecule has 0 saturated heterocycles. The number of aliphatic hydroxyl groups is 1. The van der Waals surface area contributed by atoms with Crippen molar-refractivity contribution >= 4 is 11.9 Å². The highest BCUT2D eigenvalue weighted by atomic mass is 16.4. The number of carbonyl (C=O) groups is 2. The Kier molecular flexibility index (Phi) is 7.05. The first-order valence-electron chi connectivity index (χ1n) is 7.62. The summed E-state index contributed by atoms with van der Waals surface area (Å²) in [7, 11) is 0. The van der Waals surface area contributed by atoms with E-state index in [1.54, 1.807) is 0 Å². The van der Waals surface area contributed by atoms with E-state index in [-0.39, 0.29) is 16.7 Å². The third-order valence-electron chi connectivity index (χ3n) is 3.66. The van der Waals surface area contributed by atoms with E-state index in [2.05, 4.69) is 13.8 Å². The molecule has 0 aliphatic carbocycles. The number of hydrogen-bond donors (Lipinski definition) is 3. The molecule has 22 heavy (non-hydrogen) atoms. The van der Waals surface area contributed by atoms with Gasteiger partial charge in [-0.15, -0.1) is 0 Å². The SMILES string of the molecule is CC(C)CCCCCC(O)c1cccc(C(=O)O)c1C(=O)O. The zero-order valence-corrected chi connectivity index (χ0v) is 13.1.